The third kappa shape index (κ3) is 4.78. The molecule has 1 N–H and O–H groups in total. The molecule has 5 rings (SSSR count). The van der Waals surface area contributed by atoms with Crippen LogP contribution < -0.4 is 14.8 Å². The number of nitrogens with zero attached hydrogens (tertiary/aromatic N) is 4. The van der Waals surface area contributed by atoms with Gasteiger partial charge in [-0.2, -0.15) is 5.10 Å². The number of pyridine rings is 1. The van der Waals surface area contributed by atoms with E-state index in [4.69, 9.17) is 26.2 Å². The van der Waals surface area contributed by atoms with Crippen molar-refractivity contribution in [3.8, 4) is 11.5 Å². The number of rotatable bonds is 8. The molecular formula is C28H32ClN5O2. The first-order chi connectivity index (χ1) is 17.6. The zero-order valence-electron chi connectivity index (χ0n) is 21.0. The minimum Gasteiger partial charge on any atom is -0.493 e. The third-order valence-corrected chi connectivity index (χ3v) is 7.54. The van der Waals surface area contributed by atoms with Gasteiger partial charge in [-0.3, -0.25) is 14.6 Å². The van der Waals surface area contributed by atoms with Crippen molar-refractivity contribution >= 4 is 22.5 Å². The fourth-order valence-electron chi connectivity index (χ4n) is 5.17. The summed E-state index contributed by atoms with van der Waals surface area (Å²) in [4.78, 5) is 6.68. The summed E-state index contributed by atoms with van der Waals surface area (Å²) in [5, 5.41) is 10.2. The lowest BCUT2D eigenvalue weighted by atomic mass is 9.91. The van der Waals surface area contributed by atoms with Gasteiger partial charge in [-0.15, -0.1) is 0 Å². The lowest BCUT2D eigenvalue weighted by Gasteiger charge is -2.36. The van der Waals surface area contributed by atoms with Crippen LogP contribution in [-0.4, -0.2) is 60.1 Å². The van der Waals surface area contributed by atoms with Crippen LogP contribution in [0.5, 0.6) is 11.5 Å². The highest BCUT2D eigenvalue weighted by Gasteiger charge is 2.31. The van der Waals surface area contributed by atoms with Crippen LogP contribution in [0.25, 0.3) is 10.9 Å². The molecule has 0 bridgehead atoms. The molecule has 8 heteroatoms. The molecule has 1 saturated heterocycles. The molecule has 0 amide bonds. The standard InChI is InChI=1S/C28H32ClN5O2/c1-19-21(5-4-6-23(19)29)15-25(33-13-11-31-12-14-33)27-22-17-32-34(18-20-7-9-30-10-8-20)24(22)16-26(35-2)28(27)36-3/h4-10,16-17,25,31H,11-15,18H2,1-3H3. The Morgan fingerprint density at radius 2 is 1.86 bits per heavy atom. The van der Waals surface area contributed by atoms with E-state index in [1.807, 2.05) is 53.6 Å². The average Bonchev–Trinajstić information content (AvgIpc) is 3.31. The zero-order valence-corrected chi connectivity index (χ0v) is 21.8. The fraction of sp³-hybridized carbons (Fsp3) is 0.357. The number of ether oxygens (including phenoxy) is 2. The van der Waals surface area contributed by atoms with Crippen molar-refractivity contribution in [3.05, 3.63) is 82.3 Å². The molecule has 36 heavy (non-hydrogen) atoms. The normalized spacial score (nSPS) is 15.2. The Hall–Kier alpha value is -3.13. The van der Waals surface area contributed by atoms with Crippen molar-refractivity contribution in [2.75, 3.05) is 40.4 Å². The van der Waals surface area contributed by atoms with E-state index in [9.17, 15) is 0 Å². The summed E-state index contributed by atoms with van der Waals surface area (Å²) in [6.45, 7) is 6.52. The predicted molar refractivity (Wildman–Crippen MR) is 143 cm³/mol. The Labute approximate surface area is 217 Å². The minimum absolute atomic E-state index is 0.0652. The van der Waals surface area contributed by atoms with E-state index in [1.165, 1.54) is 5.56 Å². The molecule has 2 aromatic heterocycles. The number of hydrogen-bond acceptors (Lipinski definition) is 6. The Morgan fingerprint density at radius 3 is 2.58 bits per heavy atom. The number of benzene rings is 2. The quantitative estimate of drug-likeness (QED) is 0.376. The summed E-state index contributed by atoms with van der Waals surface area (Å²) in [6, 6.07) is 12.3. The number of piperazine rings is 1. The molecule has 0 radical (unpaired) electrons. The first-order valence-corrected chi connectivity index (χ1v) is 12.7. The lowest BCUT2D eigenvalue weighted by molar-refractivity contribution is 0.170. The second kappa shape index (κ2) is 10.9. The molecule has 4 aromatic rings. The number of fused-ring (bicyclic) bond motifs is 1. The minimum atomic E-state index is 0.0652. The van der Waals surface area contributed by atoms with Gasteiger partial charge >= 0.3 is 0 Å². The first-order valence-electron chi connectivity index (χ1n) is 12.3. The molecule has 1 fully saturated rings. The van der Waals surface area contributed by atoms with Gasteiger partial charge in [0.05, 0.1) is 32.5 Å². The third-order valence-electron chi connectivity index (χ3n) is 7.13. The van der Waals surface area contributed by atoms with Crippen LogP contribution in [0, 0.1) is 6.92 Å². The molecule has 2 aromatic carbocycles. The van der Waals surface area contributed by atoms with Gasteiger partial charge < -0.3 is 14.8 Å². The molecule has 0 spiro atoms. The largest absolute Gasteiger partial charge is 0.493 e. The van der Waals surface area contributed by atoms with Crippen molar-refractivity contribution in [2.24, 2.45) is 0 Å². The maximum absolute atomic E-state index is 6.52. The van der Waals surface area contributed by atoms with E-state index < -0.39 is 0 Å². The van der Waals surface area contributed by atoms with Crippen LogP contribution in [-0.2, 0) is 13.0 Å². The maximum Gasteiger partial charge on any atom is 0.166 e. The zero-order chi connectivity index (χ0) is 25.1. The SMILES string of the molecule is COc1cc2c(cnn2Cc2ccncc2)c(C(Cc2cccc(Cl)c2C)N2CCNCC2)c1OC. The molecule has 1 aliphatic heterocycles. The Morgan fingerprint density at radius 1 is 1.08 bits per heavy atom. The van der Waals surface area contributed by atoms with Crippen LogP contribution >= 0.6 is 11.6 Å². The van der Waals surface area contributed by atoms with E-state index in [2.05, 4.69) is 28.2 Å². The molecule has 0 aliphatic carbocycles. The number of methoxy groups -OCH3 is 2. The number of nitrogens with one attached hydrogen (secondary N) is 1. The van der Waals surface area contributed by atoms with E-state index in [0.29, 0.717) is 12.3 Å². The van der Waals surface area contributed by atoms with E-state index in [0.717, 1.165) is 71.0 Å². The average molecular weight is 506 g/mol. The van der Waals surface area contributed by atoms with Crippen molar-refractivity contribution in [2.45, 2.75) is 25.9 Å². The Bertz CT molecular complexity index is 1340. The van der Waals surface area contributed by atoms with Crippen molar-refractivity contribution in [1.82, 2.24) is 25.0 Å². The summed E-state index contributed by atoms with van der Waals surface area (Å²) < 4.78 is 13.9. The van der Waals surface area contributed by atoms with Gasteiger partial charge in [0.2, 0.25) is 0 Å². The molecule has 1 aliphatic rings. The second-order valence-electron chi connectivity index (χ2n) is 9.15. The monoisotopic (exact) mass is 505 g/mol. The van der Waals surface area contributed by atoms with Gasteiger partial charge in [0.15, 0.2) is 11.5 Å². The van der Waals surface area contributed by atoms with E-state index in [-0.39, 0.29) is 6.04 Å². The van der Waals surface area contributed by atoms with Crippen LogP contribution in [0.15, 0.2) is 55.0 Å². The van der Waals surface area contributed by atoms with Gasteiger partial charge in [-0.25, -0.2) is 0 Å². The van der Waals surface area contributed by atoms with Crippen LogP contribution in [0.3, 0.4) is 0 Å². The Balaban J connectivity index is 1.68. The van der Waals surface area contributed by atoms with Gasteiger partial charge in [-0.1, -0.05) is 23.7 Å². The highest BCUT2D eigenvalue weighted by atomic mass is 35.5. The summed E-state index contributed by atoms with van der Waals surface area (Å²) >= 11 is 6.52. The molecule has 3 heterocycles. The predicted octanol–water partition coefficient (Wildman–Crippen LogP) is 4.65. The summed E-state index contributed by atoms with van der Waals surface area (Å²) in [6.07, 6.45) is 6.39. The smallest absolute Gasteiger partial charge is 0.166 e. The molecular weight excluding hydrogens is 474 g/mol. The molecule has 1 atom stereocenters. The van der Waals surface area contributed by atoms with E-state index >= 15 is 0 Å². The lowest BCUT2D eigenvalue weighted by Crippen LogP contribution is -2.45. The molecule has 1 unspecified atom stereocenters. The molecule has 7 nitrogen and oxygen atoms in total. The second-order valence-corrected chi connectivity index (χ2v) is 9.55. The summed E-state index contributed by atoms with van der Waals surface area (Å²) in [5.41, 5.74) is 5.61. The van der Waals surface area contributed by atoms with Crippen LogP contribution in [0.4, 0.5) is 0 Å². The highest BCUT2D eigenvalue weighted by molar-refractivity contribution is 6.31. The van der Waals surface area contributed by atoms with E-state index in [1.54, 1.807) is 14.2 Å². The van der Waals surface area contributed by atoms with Crippen molar-refractivity contribution in [3.63, 3.8) is 0 Å². The van der Waals surface area contributed by atoms with Crippen LogP contribution in [0.2, 0.25) is 5.02 Å². The summed E-state index contributed by atoms with van der Waals surface area (Å²) in [5.74, 6) is 1.47. The van der Waals surface area contributed by atoms with Gasteiger partial charge in [0.25, 0.3) is 0 Å². The topological polar surface area (TPSA) is 64.4 Å². The van der Waals surface area contributed by atoms with Crippen molar-refractivity contribution in [1.29, 1.82) is 0 Å². The number of hydrogen-bond donors (Lipinski definition) is 1. The van der Waals surface area contributed by atoms with Crippen molar-refractivity contribution < 1.29 is 9.47 Å². The van der Waals surface area contributed by atoms with Gasteiger partial charge in [-0.05, 0) is 48.2 Å². The fourth-order valence-corrected chi connectivity index (χ4v) is 5.36. The maximum atomic E-state index is 6.52. The highest BCUT2D eigenvalue weighted by Crippen LogP contribution is 2.44. The number of aromatic nitrogens is 3. The summed E-state index contributed by atoms with van der Waals surface area (Å²) in [7, 11) is 3.41. The Kier molecular flexibility index (Phi) is 7.41. The van der Waals surface area contributed by atoms with Crippen LogP contribution in [0.1, 0.15) is 28.3 Å². The van der Waals surface area contributed by atoms with Gasteiger partial charge in [0, 0.05) is 66.7 Å². The molecule has 0 saturated carbocycles. The number of halogens is 1. The first kappa shape index (κ1) is 24.6. The molecule has 188 valence electrons. The van der Waals surface area contributed by atoms with Gasteiger partial charge in [0.1, 0.15) is 0 Å².